The molecular formula is C17H20N8O2. The van der Waals surface area contributed by atoms with E-state index in [2.05, 4.69) is 25.7 Å². The zero-order valence-corrected chi connectivity index (χ0v) is 14.8. The highest BCUT2D eigenvalue weighted by Crippen LogP contribution is 2.25. The number of aliphatic hydroxyl groups excluding tert-OH is 1. The second-order valence-electron chi connectivity index (χ2n) is 6.26. The first-order valence-corrected chi connectivity index (χ1v) is 8.62. The number of rotatable bonds is 5. The molecule has 4 heterocycles. The van der Waals surface area contributed by atoms with Crippen molar-refractivity contribution in [3.63, 3.8) is 0 Å². The molecule has 1 unspecified atom stereocenters. The van der Waals surface area contributed by atoms with E-state index in [0.29, 0.717) is 28.9 Å². The van der Waals surface area contributed by atoms with Crippen molar-refractivity contribution in [1.29, 1.82) is 0 Å². The quantitative estimate of drug-likeness (QED) is 0.522. The van der Waals surface area contributed by atoms with Crippen molar-refractivity contribution in [2.45, 2.75) is 19.1 Å². The van der Waals surface area contributed by atoms with Crippen LogP contribution in [0.5, 0.6) is 0 Å². The number of amides is 1. The lowest BCUT2D eigenvalue weighted by Gasteiger charge is -2.21. The van der Waals surface area contributed by atoms with Crippen LogP contribution in [0.1, 0.15) is 23.2 Å². The van der Waals surface area contributed by atoms with Crippen molar-refractivity contribution in [3.8, 4) is 0 Å². The van der Waals surface area contributed by atoms with Gasteiger partial charge in [0.1, 0.15) is 35.1 Å². The van der Waals surface area contributed by atoms with Crippen LogP contribution in [-0.4, -0.2) is 50.4 Å². The number of pyridine rings is 1. The molecule has 0 radical (unpaired) electrons. The smallest absolute Gasteiger partial charge is 0.254 e. The summed E-state index contributed by atoms with van der Waals surface area (Å²) in [5.41, 5.74) is 5.99. The van der Waals surface area contributed by atoms with Crippen LogP contribution in [-0.2, 0) is 0 Å². The van der Waals surface area contributed by atoms with Crippen LogP contribution in [0.2, 0.25) is 0 Å². The zero-order valence-electron chi connectivity index (χ0n) is 14.8. The van der Waals surface area contributed by atoms with E-state index in [0.717, 1.165) is 19.4 Å². The van der Waals surface area contributed by atoms with Crippen molar-refractivity contribution in [2.24, 2.45) is 5.73 Å². The van der Waals surface area contributed by atoms with Crippen LogP contribution in [0.15, 0.2) is 30.5 Å². The highest BCUT2D eigenvalue weighted by atomic mass is 16.3. The van der Waals surface area contributed by atoms with Gasteiger partial charge in [-0.1, -0.05) is 6.07 Å². The molecule has 1 amide bonds. The molecule has 1 fully saturated rings. The van der Waals surface area contributed by atoms with E-state index in [-0.39, 0.29) is 5.56 Å². The second-order valence-corrected chi connectivity index (χ2v) is 6.26. The topological polar surface area (TPSA) is 134 Å². The van der Waals surface area contributed by atoms with Gasteiger partial charge in [-0.2, -0.15) is 9.61 Å². The van der Waals surface area contributed by atoms with Crippen LogP contribution >= 0.6 is 0 Å². The van der Waals surface area contributed by atoms with Crippen molar-refractivity contribution in [2.75, 3.05) is 29.1 Å². The summed E-state index contributed by atoms with van der Waals surface area (Å²) in [7, 11) is 1.75. The van der Waals surface area contributed by atoms with Gasteiger partial charge in [0, 0.05) is 19.7 Å². The molecule has 1 aliphatic heterocycles. The van der Waals surface area contributed by atoms with Gasteiger partial charge in [0.2, 0.25) is 0 Å². The van der Waals surface area contributed by atoms with E-state index >= 15 is 0 Å². The molecule has 0 saturated carbocycles. The van der Waals surface area contributed by atoms with Gasteiger partial charge < -0.3 is 26.4 Å². The molecule has 1 atom stereocenters. The van der Waals surface area contributed by atoms with Crippen molar-refractivity contribution < 1.29 is 9.90 Å². The van der Waals surface area contributed by atoms with E-state index < -0.39 is 12.1 Å². The summed E-state index contributed by atoms with van der Waals surface area (Å²) in [6.07, 6.45) is 2.55. The molecule has 0 bridgehead atoms. The number of carbonyl (C=O) groups is 1. The van der Waals surface area contributed by atoms with E-state index in [1.54, 1.807) is 13.1 Å². The summed E-state index contributed by atoms with van der Waals surface area (Å²) in [5.74, 6) is 1.80. The minimum atomic E-state index is -0.597. The predicted octanol–water partition coefficient (Wildman–Crippen LogP) is 0.927. The summed E-state index contributed by atoms with van der Waals surface area (Å²) in [6.45, 7) is 0.767. The predicted molar refractivity (Wildman–Crippen MR) is 101 cm³/mol. The number of nitrogens with one attached hydrogen (secondary N) is 2. The fraction of sp³-hybridized carbons (Fsp3) is 0.294. The Morgan fingerprint density at radius 1 is 1.33 bits per heavy atom. The number of carbonyl (C=O) groups excluding carboxylic acids is 1. The van der Waals surface area contributed by atoms with E-state index in [1.807, 2.05) is 23.1 Å². The number of anilines is 4. The van der Waals surface area contributed by atoms with Crippen LogP contribution in [0.25, 0.3) is 5.65 Å². The molecule has 1 aliphatic rings. The highest BCUT2D eigenvalue weighted by Gasteiger charge is 2.23. The molecule has 1 saturated heterocycles. The molecule has 3 aromatic heterocycles. The number of nitrogens with two attached hydrogens (primary N) is 1. The molecule has 140 valence electrons. The summed E-state index contributed by atoms with van der Waals surface area (Å²) < 4.78 is 1.51. The Labute approximate surface area is 155 Å². The lowest BCUT2D eigenvalue weighted by molar-refractivity contribution is 0.100. The fourth-order valence-corrected chi connectivity index (χ4v) is 3.18. The molecule has 10 nitrogen and oxygen atoms in total. The summed E-state index contributed by atoms with van der Waals surface area (Å²) in [5, 5.41) is 20.4. The van der Waals surface area contributed by atoms with Gasteiger partial charge in [0.05, 0.1) is 6.20 Å². The minimum Gasteiger partial charge on any atom is -0.374 e. The standard InChI is InChI=1S/C17H20N8O2/c1-19-14-8-12(23-17-10(16(18)27)9-20-25(14)17)21-11-4-2-5-13(22-11)24-7-3-6-15(24)26/h2,4-5,8-9,15,19,26H,3,6-7H2,1H3,(H2,18,27)(H,21,22,23). The summed E-state index contributed by atoms with van der Waals surface area (Å²) in [6, 6.07) is 7.28. The lowest BCUT2D eigenvalue weighted by Crippen LogP contribution is -2.29. The number of hydrogen-bond donors (Lipinski definition) is 4. The molecule has 0 aromatic carbocycles. The molecule has 5 N–H and O–H groups in total. The largest absolute Gasteiger partial charge is 0.374 e. The van der Waals surface area contributed by atoms with Gasteiger partial charge in [-0.25, -0.2) is 9.97 Å². The monoisotopic (exact) mass is 368 g/mol. The number of hydrogen-bond acceptors (Lipinski definition) is 8. The van der Waals surface area contributed by atoms with Crippen LogP contribution < -0.4 is 21.3 Å². The maximum Gasteiger partial charge on any atom is 0.254 e. The van der Waals surface area contributed by atoms with Crippen LogP contribution in [0.3, 0.4) is 0 Å². The average molecular weight is 368 g/mol. The Morgan fingerprint density at radius 3 is 2.89 bits per heavy atom. The Morgan fingerprint density at radius 2 is 2.19 bits per heavy atom. The van der Waals surface area contributed by atoms with Gasteiger partial charge in [0.15, 0.2) is 5.65 Å². The van der Waals surface area contributed by atoms with E-state index in [1.165, 1.54) is 10.7 Å². The number of aromatic nitrogens is 4. The third-order valence-electron chi connectivity index (χ3n) is 4.50. The first-order chi connectivity index (χ1) is 13.1. The van der Waals surface area contributed by atoms with Crippen LogP contribution in [0, 0.1) is 0 Å². The molecule has 27 heavy (non-hydrogen) atoms. The third kappa shape index (κ3) is 3.10. The third-order valence-corrected chi connectivity index (χ3v) is 4.50. The lowest BCUT2D eigenvalue weighted by atomic mass is 10.3. The van der Waals surface area contributed by atoms with Gasteiger partial charge in [-0.05, 0) is 25.0 Å². The fourth-order valence-electron chi connectivity index (χ4n) is 3.18. The van der Waals surface area contributed by atoms with Gasteiger partial charge in [-0.15, -0.1) is 0 Å². The zero-order chi connectivity index (χ0) is 19.0. The Kier molecular flexibility index (Phi) is 4.24. The van der Waals surface area contributed by atoms with E-state index in [4.69, 9.17) is 5.73 Å². The van der Waals surface area contributed by atoms with Crippen molar-refractivity contribution in [1.82, 2.24) is 19.6 Å². The average Bonchev–Trinajstić information content (AvgIpc) is 3.27. The SMILES string of the molecule is CNc1cc(Nc2cccc(N3CCCC3O)n2)nc2c(C(N)=O)cnn12. The van der Waals surface area contributed by atoms with Gasteiger partial charge in [-0.3, -0.25) is 4.79 Å². The molecular weight excluding hydrogens is 348 g/mol. The first-order valence-electron chi connectivity index (χ1n) is 8.62. The normalized spacial score (nSPS) is 16.7. The molecule has 4 rings (SSSR count). The van der Waals surface area contributed by atoms with E-state index in [9.17, 15) is 9.90 Å². The van der Waals surface area contributed by atoms with Crippen molar-refractivity contribution in [3.05, 3.63) is 36.0 Å². The molecule has 0 spiro atoms. The number of nitrogens with zero attached hydrogens (tertiary/aromatic N) is 5. The maximum atomic E-state index is 11.6. The molecule has 0 aliphatic carbocycles. The Balaban J connectivity index is 1.69. The van der Waals surface area contributed by atoms with Crippen molar-refractivity contribution >= 4 is 34.8 Å². The number of fused-ring (bicyclic) bond motifs is 1. The van der Waals surface area contributed by atoms with Gasteiger partial charge >= 0.3 is 0 Å². The first kappa shape index (κ1) is 17.0. The number of primary amides is 1. The molecule has 3 aromatic rings. The Bertz CT molecular complexity index is 1000. The Hall–Kier alpha value is -3.40. The molecule has 10 heteroatoms. The maximum absolute atomic E-state index is 11.6. The van der Waals surface area contributed by atoms with Crippen LogP contribution in [0.4, 0.5) is 23.3 Å². The number of aliphatic hydroxyl groups is 1. The highest BCUT2D eigenvalue weighted by molar-refractivity contribution is 5.98. The summed E-state index contributed by atoms with van der Waals surface area (Å²) >= 11 is 0. The summed E-state index contributed by atoms with van der Waals surface area (Å²) in [4.78, 5) is 22.5. The van der Waals surface area contributed by atoms with Gasteiger partial charge in [0.25, 0.3) is 5.91 Å². The second kappa shape index (κ2) is 6.72. The minimum absolute atomic E-state index is 0.233.